The highest BCUT2D eigenvalue weighted by Crippen LogP contribution is 2.23. The molecule has 3 rings (SSSR count). The molecular formula is C12H10N2. The SMILES string of the molecule is C1=CNc2nc3ccccc3cc2C1. The number of fused-ring (bicyclic) bond motifs is 2. The third kappa shape index (κ3) is 1.08. The van der Waals surface area contributed by atoms with Crippen molar-refractivity contribution in [3.8, 4) is 0 Å². The van der Waals surface area contributed by atoms with E-state index in [1.54, 1.807) is 0 Å². The summed E-state index contributed by atoms with van der Waals surface area (Å²) in [6.45, 7) is 0. The number of nitrogens with zero attached hydrogens (tertiary/aromatic N) is 1. The van der Waals surface area contributed by atoms with Crippen LogP contribution in [0, 0.1) is 0 Å². The zero-order valence-corrected chi connectivity index (χ0v) is 7.70. The zero-order valence-electron chi connectivity index (χ0n) is 7.70. The second-order valence-electron chi connectivity index (χ2n) is 3.44. The van der Waals surface area contributed by atoms with E-state index < -0.39 is 0 Å². The van der Waals surface area contributed by atoms with Crippen LogP contribution in [0.1, 0.15) is 5.56 Å². The van der Waals surface area contributed by atoms with E-state index in [4.69, 9.17) is 0 Å². The lowest BCUT2D eigenvalue weighted by atomic mass is 10.1. The fourth-order valence-electron chi connectivity index (χ4n) is 1.76. The Morgan fingerprint density at radius 3 is 3.14 bits per heavy atom. The maximum absolute atomic E-state index is 4.55. The van der Waals surface area contributed by atoms with Gasteiger partial charge in [-0.1, -0.05) is 24.3 Å². The van der Waals surface area contributed by atoms with Crippen molar-refractivity contribution >= 4 is 16.7 Å². The van der Waals surface area contributed by atoms with Crippen LogP contribution in [-0.2, 0) is 6.42 Å². The number of nitrogens with one attached hydrogen (secondary N) is 1. The summed E-state index contributed by atoms with van der Waals surface area (Å²) in [6, 6.07) is 10.4. The van der Waals surface area contributed by atoms with E-state index in [0.29, 0.717) is 0 Å². The Bertz CT molecular complexity index is 468. The third-order valence-electron chi connectivity index (χ3n) is 2.48. The quantitative estimate of drug-likeness (QED) is 0.677. The van der Waals surface area contributed by atoms with Crippen molar-refractivity contribution in [2.24, 2.45) is 0 Å². The second kappa shape index (κ2) is 2.84. The molecule has 1 aliphatic heterocycles. The zero-order chi connectivity index (χ0) is 9.38. The van der Waals surface area contributed by atoms with Gasteiger partial charge in [0.25, 0.3) is 0 Å². The standard InChI is InChI=1S/C12H10N2/c1-2-6-11-9(4-1)8-10-5-3-7-13-12(10)14-11/h1-4,6-8H,5H2,(H,13,14). The number of para-hydroxylation sites is 1. The van der Waals surface area contributed by atoms with Gasteiger partial charge in [-0.05, 0) is 30.3 Å². The molecule has 0 radical (unpaired) electrons. The van der Waals surface area contributed by atoms with Gasteiger partial charge in [0.2, 0.25) is 0 Å². The first-order valence-corrected chi connectivity index (χ1v) is 4.74. The van der Waals surface area contributed by atoms with Crippen molar-refractivity contribution in [2.45, 2.75) is 6.42 Å². The number of hydrogen-bond acceptors (Lipinski definition) is 2. The van der Waals surface area contributed by atoms with Gasteiger partial charge in [0.05, 0.1) is 5.52 Å². The molecule has 14 heavy (non-hydrogen) atoms. The third-order valence-corrected chi connectivity index (χ3v) is 2.48. The van der Waals surface area contributed by atoms with Gasteiger partial charge < -0.3 is 5.32 Å². The average Bonchev–Trinajstić information content (AvgIpc) is 2.26. The van der Waals surface area contributed by atoms with Crippen molar-refractivity contribution < 1.29 is 0 Å². The number of anilines is 1. The summed E-state index contributed by atoms with van der Waals surface area (Å²) in [5.41, 5.74) is 2.32. The Hall–Kier alpha value is -1.83. The van der Waals surface area contributed by atoms with Crippen molar-refractivity contribution in [2.75, 3.05) is 5.32 Å². The monoisotopic (exact) mass is 182 g/mol. The number of rotatable bonds is 0. The van der Waals surface area contributed by atoms with E-state index in [1.807, 2.05) is 24.4 Å². The number of pyridine rings is 1. The minimum absolute atomic E-state index is 0.972. The van der Waals surface area contributed by atoms with Gasteiger partial charge in [0.15, 0.2) is 0 Å². The largest absolute Gasteiger partial charge is 0.347 e. The molecule has 2 aromatic rings. The molecule has 2 heterocycles. The Kier molecular flexibility index (Phi) is 1.53. The molecular weight excluding hydrogens is 172 g/mol. The van der Waals surface area contributed by atoms with Crippen LogP contribution in [0.15, 0.2) is 42.6 Å². The Balaban J connectivity index is 2.30. The molecule has 1 aromatic heterocycles. The van der Waals surface area contributed by atoms with Crippen LogP contribution in [0.3, 0.4) is 0 Å². The number of aromatic nitrogens is 1. The predicted molar refractivity (Wildman–Crippen MR) is 58.2 cm³/mol. The van der Waals surface area contributed by atoms with Crippen LogP contribution in [0.25, 0.3) is 10.9 Å². The van der Waals surface area contributed by atoms with Crippen LogP contribution in [0.4, 0.5) is 5.82 Å². The second-order valence-corrected chi connectivity index (χ2v) is 3.44. The normalized spacial score (nSPS) is 13.7. The Morgan fingerprint density at radius 2 is 2.14 bits per heavy atom. The van der Waals surface area contributed by atoms with Crippen LogP contribution < -0.4 is 5.32 Å². The molecule has 0 aliphatic carbocycles. The van der Waals surface area contributed by atoms with E-state index in [1.165, 1.54) is 10.9 Å². The van der Waals surface area contributed by atoms with Crippen molar-refractivity contribution in [3.63, 3.8) is 0 Å². The highest BCUT2D eigenvalue weighted by Gasteiger charge is 2.06. The highest BCUT2D eigenvalue weighted by molar-refractivity contribution is 5.82. The van der Waals surface area contributed by atoms with E-state index in [-0.39, 0.29) is 0 Å². The maximum Gasteiger partial charge on any atom is 0.134 e. The fraction of sp³-hybridized carbons (Fsp3) is 0.0833. The maximum atomic E-state index is 4.55. The van der Waals surface area contributed by atoms with Crippen molar-refractivity contribution in [1.29, 1.82) is 0 Å². The number of hydrogen-bond donors (Lipinski definition) is 1. The molecule has 0 saturated carbocycles. The molecule has 0 unspecified atom stereocenters. The average molecular weight is 182 g/mol. The molecule has 0 spiro atoms. The molecule has 1 aliphatic rings. The van der Waals surface area contributed by atoms with Gasteiger partial charge in [0, 0.05) is 5.39 Å². The van der Waals surface area contributed by atoms with Crippen molar-refractivity contribution in [3.05, 3.63) is 48.2 Å². The summed E-state index contributed by atoms with van der Waals surface area (Å²) in [5, 5.41) is 4.37. The van der Waals surface area contributed by atoms with Crippen LogP contribution in [-0.4, -0.2) is 4.98 Å². The number of benzene rings is 1. The Morgan fingerprint density at radius 1 is 1.21 bits per heavy atom. The summed E-state index contributed by atoms with van der Waals surface area (Å²) in [5.74, 6) is 0.992. The topological polar surface area (TPSA) is 24.9 Å². The lowest BCUT2D eigenvalue weighted by Crippen LogP contribution is -2.02. The van der Waals surface area contributed by atoms with Gasteiger partial charge in [-0.25, -0.2) is 4.98 Å². The van der Waals surface area contributed by atoms with Gasteiger partial charge in [-0.3, -0.25) is 0 Å². The molecule has 0 fully saturated rings. The molecule has 1 aromatic carbocycles. The first kappa shape index (κ1) is 7.56. The summed E-state index contributed by atoms with van der Waals surface area (Å²) >= 11 is 0. The molecule has 68 valence electrons. The van der Waals surface area contributed by atoms with E-state index in [2.05, 4.69) is 28.5 Å². The molecule has 0 bridgehead atoms. The highest BCUT2D eigenvalue weighted by atomic mass is 15.0. The van der Waals surface area contributed by atoms with E-state index in [9.17, 15) is 0 Å². The number of allylic oxidation sites excluding steroid dienone is 1. The molecule has 2 heteroatoms. The predicted octanol–water partition coefficient (Wildman–Crippen LogP) is 2.72. The molecule has 2 nitrogen and oxygen atoms in total. The minimum atomic E-state index is 0.972. The van der Waals surface area contributed by atoms with Gasteiger partial charge in [-0.15, -0.1) is 0 Å². The van der Waals surface area contributed by atoms with Crippen LogP contribution in [0.2, 0.25) is 0 Å². The van der Waals surface area contributed by atoms with E-state index >= 15 is 0 Å². The van der Waals surface area contributed by atoms with Crippen LogP contribution >= 0.6 is 0 Å². The van der Waals surface area contributed by atoms with Crippen molar-refractivity contribution in [1.82, 2.24) is 4.98 Å². The minimum Gasteiger partial charge on any atom is -0.347 e. The summed E-state index contributed by atoms with van der Waals surface area (Å²) < 4.78 is 0. The first-order chi connectivity index (χ1) is 6.93. The molecule has 0 saturated heterocycles. The summed E-state index contributed by atoms with van der Waals surface area (Å²) in [6.07, 6.45) is 5.03. The summed E-state index contributed by atoms with van der Waals surface area (Å²) in [4.78, 5) is 4.55. The molecule has 0 atom stereocenters. The van der Waals surface area contributed by atoms with Gasteiger partial charge >= 0.3 is 0 Å². The smallest absolute Gasteiger partial charge is 0.134 e. The summed E-state index contributed by atoms with van der Waals surface area (Å²) in [7, 11) is 0. The van der Waals surface area contributed by atoms with Crippen LogP contribution in [0.5, 0.6) is 0 Å². The first-order valence-electron chi connectivity index (χ1n) is 4.74. The lowest BCUT2D eigenvalue weighted by molar-refractivity contribution is 1.18. The Labute approximate surface area is 82.3 Å². The van der Waals surface area contributed by atoms with E-state index in [0.717, 1.165) is 17.8 Å². The molecule has 1 N–H and O–H groups in total. The lowest BCUT2D eigenvalue weighted by Gasteiger charge is -2.12. The van der Waals surface area contributed by atoms with Gasteiger partial charge in [-0.2, -0.15) is 0 Å². The molecule has 0 amide bonds. The van der Waals surface area contributed by atoms with Gasteiger partial charge in [0.1, 0.15) is 5.82 Å². The fourth-order valence-corrected chi connectivity index (χ4v) is 1.76.